The fourth-order valence-electron chi connectivity index (χ4n) is 1.89. The molecule has 0 saturated carbocycles. The Morgan fingerprint density at radius 3 is 2.84 bits per heavy atom. The van der Waals surface area contributed by atoms with Gasteiger partial charge in [0.1, 0.15) is 5.69 Å². The minimum absolute atomic E-state index is 0.175. The summed E-state index contributed by atoms with van der Waals surface area (Å²) in [5.74, 6) is -0.175. The van der Waals surface area contributed by atoms with Gasteiger partial charge in [0, 0.05) is 22.3 Å². The third-order valence-corrected chi connectivity index (χ3v) is 3.76. The molecule has 0 aliphatic rings. The van der Waals surface area contributed by atoms with E-state index in [1.54, 1.807) is 28.7 Å². The van der Waals surface area contributed by atoms with Crippen LogP contribution in [-0.4, -0.2) is 15.3 Å². The highest BCUT2D eigenvalue weighted by Gasteiger charge is 2.17. The third-order valence-electron chi connectivity index (χ3n) is 2.75. The molecule has 0 radical (unpaired) electrons. The van der Waals surface area contributed by atoms with Gasteiger partial charge in [-0.3, -0.25) is 9.20 Å². The minimum atomic E-state index is -0.175. The molecule has 2 aromatic heterocycles. The molecule has 4 nitrogen and oxygen atoms in total. The van der Waals surface area contributed by atoms with E-state index < -0.39 is 0 Å². The quantitative estimate of drug-likeness (QED) is 0.784. The summed E-state index contributed by atoms with van der Waals surface area (Å²) in [5, 5.41) is 5.38. The van der Waals surface area contributed by atoms with Gasteiger partial charge in [-0.2, -0.15) is 0 Å². The van der Waals surface area contributed by atoms with E-state index in [-0.39, 0.29) is 5.91 Å². The van der Waals surface area contributed by atoms with Crippen LogP contribution in [-0.2, 0) is 0 Å². The van der Waals surface area contributed by atoms with Crippen molar-refractivity contribution in [2.75, 3.05) is 5.32 Å². The van der Waals surface area contributed by atoms with Crippen molar-refractivity contribution in [2.24, 2.45) is 0 Å². The molecule has 96 valence electrons. The van der Waals surface area contributed by atoms with Gasteiger partial charge in [-0.1, -0.05) is 11.6 Å². The highest BCUT2D eigenvalue weighted by Crippen LogP contribution is 2.19. The molecule has 0 spiro atoms. The smallest absolute Gasteiger partial charge is 0.274 e. The van der Waals surface area contributed by atoms with E-state index in [0.717, 1.165) is 10.7 Å². The maximum absolute atomic E-state index is 12.3. The predicted octanol–water partition coefficient (Wildman–Crippen LogP) is 3.61. The Bertz CT molecular complexity index is 745. The number of nitrogens with one attached hydrogen (secondary N) is 1. The summed E-state index contributed by atoms with van der Waals surface area (Å²) >= 11 is 7.31. The number of amides is 1. The molecule has 3 aromatic rings. The number of hydrogen-bond donors (Lipinski definition) is 1. The Hall–Kier alpha value is -1.85. The highest BCUT2D eigenvalue weighted by molar-refractivity contribution is 7.15. The zero-order chi connectivity index (χ0) is 13.4. The molecule has 0 aliphatic heterocycles. The summed E-state index contributed by atoms with van der Waals surface area (Å²) in [5.41, 5.74) is 1.99. The van der Waals surface area contributed by atoms with Gasteiger partial charge < -0.3 is 5.32 Å². The van der Waals surface area contributed by atoms with E-state index in [1.165, 1.54) is 11.3 Å². The topological polar surface area (TPSA) is 46.4 Å². The van der Waals surface area contributed by atoms with Crippen LogP contribution in [0.1, 0.15) is 16.2 Å². The van der Waals surface area contributed by atoms with E-state index in [0.29, 0.717) is 16.4 Å². The minimum Gasteiger partial charge on any atom is -0.321 e. The molecule has 0 bridgehead atoms. The second kappa shape index (κ2) is 4.68. The van der Waals surface area contributed by atoms with Gasteiger partial charge in [-0.05, 0) is 31.2 Å². The summed E-state index contributed by atoms with van der Waals surface area (Å²) in [4.78, 5) is 17.5. The molecule has 0 unspecified atom stereocenters. The number of carbonyl (C=O) groups is 1. The van der Waals surface area contributed by atoms with Gasteiger partial charge in [0.05, 0.1) is 5.69 Å². The first kappa shape index (κ1) is 12.2. The summed E-state index contributed by atoms with van der Waals surface area (Å²) in [7, 11) is 0. The van der Waals surface area contributed by atoms with Crippen molar-refractivity contribution in [3.8, 4) is 0 Å². The molecule has 1 N–H and O–H groups in total. The second-order valence-corrected chi connectivity index (χ2v) is 5.37. The summed E-state index contributed by atoms with van der Waals surface area (Å²) in [6, 6.07) is 7.00. The number of anilines is 1. The summed E-state index contributed by atoms with van der Waals surface area (Å²) in [6.45, 7) is 1.83. The molecule has 0 atom stereocenters. The molecule has 1 aromatic carbocycles. The van der Waals surface area contributed by atoms with Gasteiger partial charge in [0.25, 0.3) is 5.91 Å². The Balaban J connectivity index is 1.93. The van der Waals surface area contributed by atoms with Crippen molar-refractivity contribution in [3.63, 3.8) is 0 Å². The molecule has 1 amide bonds. The molecular weight excluding hydrogens is 282 g/mol. The number of aromatic nitrogens is 2. The maximum Gasteiger partial charge on any atom is 0.274 e. The second-order valence-electron chi connectivity index (χ2n) is 4.06. The predicted molar refractivity (Wildman–Crippen MR) is 77.2 cm³/mol. The number of rotatable bonds is 2. The number of carbonyl (C=O) groups excluding carboxylic acids is 1. The van der Waals surface area contributed by atoms with Crippen molar-refractivity contribution in [2.45, 2.75) is 6.92 Å². The van der Waals surface area contributed by atoms with Gasteiger partial charge in [0.2, 0.25) is 0 Å². The van der Waals surface area contributed by atoms with Crippen LogP contribution in [0.25, 0.3) is 4.96 Å². The molecule has 0 saturated heterocycles. The van der Waals surface area contributed by atoms with Crippen LogP contribution in [0, 0.1) is 6.92 Å². The number of benzene rings is 1. The van der Waals surface area contributed by atoms with Crippen LogP contribution in [0.15, 0.2) is 35.8 Å². The van der Waals surface area contributed by atoms with Crippen LogP contribution >= 0.6 is 22.9 Å². The molecular formula is C13H10ClN3OS. The SMILES string of the molecule is Cc1nc2sccn2c1C(=O)Nc1ccc(Cl)cc1. The van der Waals surface area contributed by atoms with E-state index >= 15 is 0 Å². The van der Waals surface area contributed by atoms with Crippen LogP contribution in [0.5, 0.6) is 0 Å². The van der Waals surface area contributed by atoms with E-state index in [2.05, 4.69) is 10.3 Å². The lowest BCUT2D eigenvalue weighted by Crippen LogP contribution is -2.15. The van der Waals surface area contributed by atoms with Crippen LogP contribution in [0.2, 0.25) is 5.02 Å². The molecule has 0 aliphatic carbocycles. The standard InChI is InChI=1S/C13H10ClN3OS/c1-8-11(17-6-7-19-13(17)15-8)12(18)16-10-4-2-9(14)3-5-10/h2-7H,1H3,(H,16,18). The lowest BCUT2D eigenvalue weighted by atomic mass is 10.3. The number of halogens is 1. The van der Waals surface area contributed by atoms with Gasteiger partial charge >= 0.3 is 0 Å². The number of thiazole rings is 1. The summed E-state index contributed by atoms with van der Waals surface area (Å²) in [6.07, 6.45) is 1.84. The Morgan fingerprint density at radius 1 is 1.37 bits per heavy atom. The Labute approximate surface area is 118 Å². The average molecular weight is 292 g/mol. The Morgan fingerprint density at radius 2 is 2.11 bits per heavy atom. The van der Waals surface area contributed by atoms with Crippen molar-refractivity contribution in [1.82, 2.24) is 9.38 Å². The van der Waals surface area contributed by atoms with E-state index in [1.807, 2.05) is 18.5 Å². The van der Waals surface area contributed by atoms with Crippen molar-refractivity contribution < 1.29 is 4.79 Å². The first-order valence-corrected chi connectivity index (χ1v) is 6.90. The number of imidazole rings is 1. The fourth-order valence-corrected chi connectivity index (χ4v) is 2.78. The Kier molecular flexibility index (Phi) is 3.00. The van der Waals surface area contributed by atoms with Gasteiger partial charge in [-0.25, -0.2) is 4.98 Å². The molecule has 6 heteroatoms. The first-order chi connectivity index (χ1) is 9.15. The molecule has 3 rings (SSSR count). The number of hydrogen-bond acceptors (Lipinski definition) is 3. The molecule has 0 fully saturated rings. The number of nitrogens with zero attached hydrogens (tertiary/aromatic N) is 2. The van der Waals surface area contributed by atoms with Crippen LogP contribution in [0.3, 0.4) is 0 Å². The van der Waals surface area contributed by atoms with Crippen molar-refractivity contribution in [1.29, 1.82) is 0 Å². The van der Waals surface area contributed by atoms with Crippen molar-refractivity contribution in [3.05, 3.63) is 52.3 Å². The fraction of sp³-hybridized carbons (Fsp3) is 0.0769. The zero-order valence-corrected chi connectivity index (χ0v) is 11.6. The van der Waals surface area contributed by atoms with Crippen molar-refractivity contribution >= 4 is 39.5 Å². The normalized spacial score (nSPS) is 10.8. The van der Waals surface area contributed by atoms with E-state index in [9.17, 15) is 4.79 Å². The lowest BCUT2D eigenvalue weighted by Gasteiger charge is -2.05. The third kappa shape index (κ3) is 2.22. The van der Waals surface area contributed by atoms with Gasteiger partial charge in [-0.15, -0.1) is 11.3 Å². The molecule has 2 heterocycles. The van der Waals surface area contributed by atoms with Gasteiger partial charge in [0.15, 0.2) is 4.96 Å². The summed E-state index contributed by atoms with van der Waals surface area (Å²) < 4.78 is 1.80. The number of fused-ring (bicyclic) bond motifs is 1. The first-order valence-electron chi connectivity index (χ1n) is 5.64. The largest absolute Gasteiger partial charge is 0.321 e. The average Bonchev–Trinajstić information content (AvgIpc) is 2.91. The zero-order valence-electron chi connectivity index (χ0n) is 10.1. The van der Waals surface area contributed by atoms with E-state index in [4.69, 9.17) is 11.6 Å². The lowest BCUT2D eigenvalue weighted by molar-refractivity contribution is 0.102. The monoisotopic (exact) mass is 291 g/mol. The highest BCUT2D eigenvalue weighted by atomic mass is 35.5. The van der Waals surface area contributed by atoms with Crippen LogP contribution in [0.4, 0.5) is 5.69 Å². The number of aryl methyl sites for hydroxylation is 1. The van der Waals surface area contributed by atoms with Crippen LogP contribution < -0.4 is 5.32 Å². The molecule has 19 heavy (non-hydrogen) atoms. The maximum atomic E-state index is 12.3.